The molecule has 0 aliphatic heterocycles. The lowest BCUT2D eigenvalue weighted by Crippen LogP contribution is -2.26. The number of ether oxygens (including phenoxy) is 3. The Morgan fingerprint density at radius 1 is 0.776 bits per heavy atom. The molecule has 49 heavy (non-hydrogen) atoms. The maximum atomic E-state index is 13.8. The van der Waals surface area contributed by atoms with Crippen LogP contribution >= 0.6 is 7.60 Å². The van der Waals surface area contributed by atoms with E-state index in [1.165, 1.54) is 96.2 Å². The number of anilines is 1. The highest BCUT2D eigenvalue weighted by Crippen LogP contribution is 2.49. The number of imidazole rings is 1. The third-order valence-electron chi connectivity index (χ3n) is 8.58. The molecule has 11 nitrogen and oxygen atoms in total. The molecule has 2 unspecified atom stereocenters. The van der Waals surface area contributed by atoms with Crippen molar-refractivity contribution in [1.29, 1.82) is 0 Å². The zero-order chi connectivity index (χ0) is 34.8. The zero-order valence-corrected chi connectivity index (χ0v) is 31.0. The smallest absolute Gasteiger partial charge is 0.356 e. The second-order valence-electron chi connectivity index (χ2n) is 12.8. The fourth-order valence-corrected chi connectivity index (χ4v) is 7.05. The molecule has 0 aliphatic rings. The lowest BCUT2D eigenvalue weighted by atomic mass is 10.0. The van der Waals surface area contributed by atoms with E-state index in [0.29, 0.717) is 36.7 Å². The Hall–Kier alpha value is -2.40. The number of hydrogen-bond acceptors (Lipinski definition) is 10. The van der Waals surface area contributed by atoms with Crippen molar-refractivity contribution in [1.82, 2.24) is 19.5 Å². The van der Waals surface area contributed by atoms with E-state index in [1.54, 1.807) is 18.0 Å². The van der Waals surface area contributed by atoms with Crippen LogP contribution in [-0.4, -0.2) is 65.5 Å². The normalized spacial score (nSPS) is 13.6. The van der Waals surface area contributed by atoms with Crippen molar-refractivity contribution in [3.05, 3.63) is 48.5 Å². The molecule has 0 saturated heterocycles. The molecule has 2 heterocycles. The standard InChI is InChI=1S/C37H62N5O6P/c1-3-4-5-6-7-8-9-10-11-12-13-14-15-16-17-21-24-45-25-26-47-49(43,48-28-33-22-19-18-20-23-33)32-46-34(29-44-2)27-42-31-41-35-36(38)39-30-40-37(35)42/h18-20,22-23,30-31,34H,3-17,21,24-29,32H2,1-2H3,(H2,38,39,40). The van der Waals surface area contributed by atoms with Crippen LogP contribution in [0, 0.1) is 0 Å². The van der Waals surface area contributed by atoms with Crippen LogP contribution in [-0.2, 0) is 41.0 Å². The Balaban J connectivity index is 1.30. The minimum Gasteiger partial charge on any atom is -0.382 e. The Labute approximate surface area is 294 Å². The first kappa shape index (κ1) is 41.0. The molecule has 2 atom stereocenters. The molecular formula is C37H62N5O6P. The average molecular weight is 704 g/mol. The third kappa shape index (κ3) is 17.4. The number of hydrogen-bond donors (Lipinski definition) is 1. The van der Waals surface area contributed by atoms with Crippen LogP contribution in [0.15, 0.2) is 43.0 Å². The monoisotopic (exact) mass is 703 g/mol. The summed E-state index contributed by atoms with van der Waals surface area (Å²) in [4.78, 5) is 12.6. The van der Waals surface area contributed by atoms with Crippen molar-refractivity contribution in [3.63, 3.8) is 0 Å². The van der Waals surface area contributed by atoms with E-state index in [-0.39, 0.29) is 26.2 Å². The fourth-order valence-electron chi connectivity index (χ4n) is 5.74. The number of fused-ring (bicyclic) bond motifs is 1. The van der Waals surface area contributed by atoms with Crippen LogP contribution in [0.5, 0.6) is 0 Å². The molecule has 0 spiro atoms. The molecule has 0 saturated carbocycles. The summed E-state index contributed by atoms with van der Waals surface area (Å²) < 4.78 is 44.6. The molecule has 0 amide bonds. The number of rotatable bonds is 31. The van der Waals surface area contributed by atoms with Gasteiger partial charge in [0.15, 0.2) is 11.5 Å². The van der Waals surface area contributed by atoms with Gasteiger partial charge < -0.3 is 33.6 Å². The molecule has 0 bridgehead atoms. The van der Waals surface area contributed by atoms with Crippen LogP contribution in [0.1, 0.15) is 115 Å². The predicted octanol–water partition coefficient (Wildman–Crippen LogP) is 9.10. The van der Waals surface area contributed by atoms with Gasteiger partial charge in [0.2, 0.25) is 0 Å². The predicted molar refractivity (Wildman–Crippen MR) is 197 cm³/mol. The second kappa shape index (κ2) is 25.5. The summed E-state index contributed by atoms with van der Waals surface area (Å²) in [6, 6.07) is 9.57. The molecule has 0 aliphatic carbocycles. The van der Waals surface area contributed by atoms with E-state index >= 15 is 0 Å². The van der Waals surface area contributed by atoms with Crippen molar-refractivity contribution >= 4 is 24.6 Å². The largest absolute Gasteiger partial charge is 0.382 e. The second-order valence-corrected chi connectivity index (χ2v) is 14.8. The Kier molecular flexibility index (Phi) is 21.4. The number of unbranched alkanes of at least 4 members (excludes halogenated alkanes) is 15. The average Bonchev–Trinajstić information content (AvgIpc) is 3.53. The van der Waals surface area contributed by atoms with Gasteiger partial charge in [-0.2, -0.15) is 0 Å². The molecule has 3 rings (SSSR count). The van der Waals surface area contributed by atoms with Gasteiger partial charge >= 0.3 is 7.60 Å². The van der Waals surface area contributed by atoms with Gasteiger partial charge in [-0.1, -0.05) is 134 Å². The molecule has 2 aromatic heterocycles. The highest BCUT2D eigenvalue weighted by molar-refractivity contribution is 7.53. The topological polar surface area (TPSA) is 133 Å². The first-order valence-electron chi connectivity index (χ1n) is 18.6. The molecule has 276 valence electrons. The summed E-state index contributed by atoms with van der Waals surface area (Å²) in [5.41, 5.74) is 7.92. The SMILES string of the molecule is CCCCCCCCCCCCCCCCCCOCCOP(=O)(COC(COC)Cn1cnc2c(N)ncnc21)OCc1ccccc1. The summed E-state index contributed by atoms with van der Waals surface area (Å²) in [5.74, 6) is 0.303. The Morgan fingerprint density at radius 3 is 2.04 bits per heavy atom. The van der Waals surface area contributed by atoms with Crippen LogP contribution in [0.2, 0.25) is 0 Å². The maximum absolute atomic E-state index is 13.8. The molecular weight excluding hydrogens is 641 g/mol. The maximum Gasteiger partial charge on any atom is 0.356 e. The van der Waals surface area contributed by atoms with Crippen LogP contribution in [0.3, 0.4) is 0 Å². The minimum absolute atomic E-state index is 0.138. The van der Waals surface area contributed by atoms with Crippen molar-refractivity contribution in [2.45, 2.75) is 129 Å². The van der Waals surface area contributed by atoms with Gasteiger partial charge in [-0.05, 0) is 12.0 Å². The Morgan fingerprint density at radius 2 is 1.41 bits per heavy atom. The van der Waals surface area contributed by atoms with Crippen molar-refractivity contribution < 1.29 is 27.8 Å². The van der Waals surface area contributed by atoms with Gasteiger partial charge in [0.05, 0.1) is 45.4 Å². The molecule has 3 aromatic rings. The molecule has 12 heteroatoms. The summed E-state index contributed by atoms with van der Waals surface area (Å²) in [5, 5.41) is 0. The zero-order valence-electron chi connectivity index (χ0n) is 30.1. The van der Waals surface area contributed by atoms with Crippen LogP contribution in [0.4, 0.5) is 5.82 Å². The van der Waals surface area contributed by atoms with Gasteiger partial charge in [-0.25, -0.2) is 15.0 Å². The van der Waals surface area contributed by atoms with E-state index in [9.17, 15) is 4.57 Å². The van der Waals surface area contributed by atoms with E-state index in [2.05, 4.69) is 21.9 Å². The number of nitrogens with two attached hydrogens (primary N) is 1. The van der Waals surface area contributed by atoms with E-state index in [1.807, 2.05) is 30.3 Å². The number of methoxy groups -OCH3 is 1. The number of nitrogen functional groups attached to an aromatic ring is 1. The van der Waals surface area contributed by atoms with Gasteiger partial charge in [0.1, 0.15) is 18.2 Å². The lowest BCUT2D eigenvalue weighted by molar-refractivity contribution is -0.00144. The quantitative estimate of drug-likeness (QED) is 0.0511. The van der Waals surface area contributed by atoms with Crippen molar-refractivity contribution in [3.8, 4) is 0 Å². The molecule has 0 fully saturated rings. The lowest BCUT2D eigenvalue weighted by Gasteiger charge is -2.23. The van der Waals surface area contributed by atoms with Gasteiger partial charge in [-0.3, -0.25) is 4.57 Å². The minimum atomic E-state index is -3.63. The van der Waals surface area contributed by atoms with Crippen molar-refractivity contribution in [2.75, 3.05) is 45.6 Å². The van der Waals surface area contributed by atoms with Crippen LogP contribution in [0.25, 0.3) is 11.2 Å². The van der Waals surface area contributed by atoms with Gasteiger partial charge in [0, 0.05) is 13.7 Å². The molecule has 0 radical (unpaired) electrons. The summed E-state index contributed by atoms with van der Waals surface area (Å²) in [6.07, 6.45) is 23.7. The Bertz CT molecular complexity index is 1300. The number of benzene rings is 1. The van der Waals surface area contributed by atoms with E-state index < -0.39 is 13.7 Å². The summed E-state index contributed by atoms with van der Waals surface area (Å²) in [7, 11) is -2.05. The molecule has 1 aromatic carbocycles. The first-order valence-corrected chi connectivity index (χ1v) is 20.3. The summed E-state index contributed by atoms with van der Waals surface area (Å²) >= 11 is 0. The van der Waals surface area contributed by atoms with Crippen molar-refractivity contribution in [2.24, 2.45) is 0 Å². The highest BCUT2D eigenvalue weighted by atomic mass is 31.2. The number of aromatic nitrogens is 4. The third-order valence-corrected chi connectivity index (χ3v) is 10.1. The number of nitrogens with zero attached hydrogens (tertiary/aromatic N) is 4. The highest BCUT2D eigenvalue weighted by Gasteiger charge is 2.28. The summed E-state index contributed by atoms with van der Waals surface area (Å²) in [6.45, 7) is 4.16. The fraction of sp³-hybridized carbons (Fsp3) is 0.703. The van der Waals surface area contributed by atoms with Gasteiger partial charge in [-0.15, -0.1) is 0 Å². The van der Waals surface area contributed by atoms with Crippen LogP contribution < -0.4 is 5.73 Å². The van der Waals surface area contributed by atoms with E-state index in [0.717, 1.165) is 18.4 Å². The first-order chi connectivity index (χ1) is 24.0. The van der Waals surface area contributed by atoms with E-state index in [4.69, 9.17) is 29.0 Å². The van der Waals surface area contributed by atoms with Gasteiger partial charge in [0.25, 0.3) is 0 Å². The molecule has 2 N–H and O–H groups in total.